The number of piperidine rings is 1. The number of amides is 3. The molecule has 2 saturated heterocycles. The number of thioether (sulfide) groups is 1. The fourth-order valence-electron chi connectivity index (χ4n) is 4.28. The number of nitrogens with one attached hydrogen (secondary N) is 1. The zero-order chi connectivity index (χ0) is 24.0. The smallest absolute Gasteiger partial charge is 0.338 e. The van der Waals surface area contributed by atoms with Crippen LogP contribution in [0.25, 0.3) is 0 Å². The van der Waals surface area contributed by atoms with Crippen molar-refractivity contribution in [1.29, 1.82) is 0 Å². The number of hydrogen-bond acceptors (Lipinski definition) is 6. The van der Waals surface area contributed by atoms with E-state index in [0.717, 1.165) is 5.75 Å². The number of carbonyl (C=O) groups excluding carboxylic acids is 3. The minimum absolute atomic E-state index is 0.0122. The molecule has 0 bridgehead atoms. The average molecular weight is 484 g/mol. The average Bonchev–Trinajstić information content (AvgIpc) is 3.27. The standard InChI is InChI=1S/C25H29N3O5S/c1-2-32-23(30)19-8-10-20(11-9-19)26-24(31)27-14-12-25(13-15-27)28(16-17-34-25)22(29)18-33-21-6-4-3-5-7-21/h3-11H,2,12-18H2,1H3,(H,26,31). The first kappa shape index (κ1) is 23.9. The largest absolute Gasteiger partial charge is 0.484 e. The zero-order valence-electron chi connectivity index (χ0n) is 19.2. The highest BCUT2D eigenvalue weighted by atomic mass is 32.2. The van der Waals surface area contributed by atoms with E-state index in [4.69, 9.17) is 9.47 Å². The van der Waals surface area contributed by atoms with Crippen LogP contribution in [0.3, 0.4) is 0 Å². The minimum atomic E-state index is -0.385. The lowest BCUT2D eigenvalue weighted by molar-refractivity contribution is -0.136. The maximum absolute atomic E-state index is 12.9. The fourth-order valence-corrected chi connectivity index (χ4v) is 5.75. The summed E-state index contributed by atoms with van der Waals surface area (Å²) in [5.41, 5.74) is 1.06. The molecule has 4 rings (SSSR count). The van der Waals surface area contributed by atoms with E-state index in [9.17, 15) is 14.4 Å². The molecule has 2 heterocycles. The molecule has 2 fully saturated rings. The van der Waals surface area contributed by atoms with Crippen LogP contribution < -0.4 is 10.1 Å². The zero-order valence-corrected chi connectivity index (χ0v) is 20.0. The fraction of sp³-hybridized carbons (Fsp3) is 0.400. The van der Waals surface area contributed by atoms with E-state index >= 15 is 0 Å². The number of anilines is 1. The lowest BCUT2D eigenvalue weighted by Gasteiger charge is -2.43. The van der Waals surface area contributed by atoms with Crippen molar-refractivity contribution < 1.29 is 23.9 Å². The molecule has 3 amide bonds. The van der Waals surface area contributed by atoms with Gasteiger partial charge >= 0.3 is 12.0 Å². The van der Waals surface area contributed by atoms with Gasteiger partial charge in [0.15, 0.2) is 6.61 Å². The first-order valence-corrected chi connectivity index (χ1v) is 12.4. The molecule has 2 aromatic rings. The van der Waals surface area contributed by atoms with Crippen molar-refractivity contribution in [2.24, 2.45) is 0 Å². The first-order chi connectivity index (χ1) is 16.5. The molecule has 2 aliphatic heterocycles. The molecule has 34 heavy (non-hydrogen) atoms. The number of rotatable bonds is 6. The van der Waals surface area contributed by atoms with Crippen LogP contribution in [0, 0.1) is 0 Å². The molecule has 1 spiro atoms. The maximum Gasteiger partial charge on any atom is 0.338 e. The summed E-state index contributed by atoms with van der Waals surface area (Å²) in [7, 11) is 0. The van der Waals surface area contributed by atoms with Crippen molar-refractivity contribution in [3.8, 4) is 5.75 Å². The number of ether oxygens (including phenoxy) is 2. The second kappa shape index (κ2) is 10.8. The third-order valence-electron chi connectivity index (χ3n) is 6.06. The van der Waals surface area contributed by atoms with E-state index in [1.54, 1.807) is 47.9 Å². The lowest BCUT2D eigenvalue weighted by atomic mass is 10.0. The predicted molar refractivity (Wildman–Crippen MR) is 131 cm³/mol. The van der Waals surface area contributed by atoms with Crippen molar-refractivity contribution in [2.75, 3.05) is 43.9 Å². The summed E-state index contributed by atoms with van der Waals surface area (Å²) in [4.78, 5) is 40.9. The number of benzene rings is 2. The Morgan fingerprint density at radius 2 is 1.71 bits per heavy atom. The normalized spacial score (nSPS) is 16.9. The molecule has 2 aromatic carbocycles. The van der Waals surface area contributed by atoms with Gasteiger partial charge in [0.25, 0.3) is 5.91 Å². The van der Waals surface area contributed by atoms with Crippen LogP contribution >= 0.6 is 11.8 Å². The van der Waals surface area contributed by atoms with E-state index in [1.807, 2.05) is 35.2 Å². The van der Waals surface area contributed by atoms with Crippen LogP contribution in [0.1, 0.15) is 30.1 Å². The Labute approximate surface area is 203 Å². The SMILES string of the molecule is CCOC(=O)c1ccc(NC(=O)N2CCC3(CC2)SCCN3C(=O)COc2ccccc2)cc1. The van der Waals surface area contributed by atoms with Gasteiger partial charge in [-0.05, 0) is 56.2 Å². The lowest BCUT2D eigenvalue weighted by Crippen LogP contribution is -2.55. The van der Waals surface area contributed by atoms with Crippen LogP contribution in [-0.4, -0.2) is 71.2 Å². The Morgan fingerprint density at radius 1 is 1.00 bits per heavy atom. The molecular formula is C25H29N3O5S. The minimum Gasteiger partial charge on any atom is -0.484 e. The Balaban J connectivity index is 1.29. The summed E-state index contributed by atoms with van der Waals surface area (Å²) in [6.07, 6.45) is 1.42. The number of esters is 1. The van der Waals surface area contributed by atoms with Gasteiger partial charge in [-0.15, -0.1) is 11.8 Å². The summed E-state index contributed by atoms with van der Waals surface area (Å²) < 4.78 is 10.7. The highest BCUT2D eigenvalue weighted by Crippen LogP contribution is 2.44. The van der Waals surface area contributed by atoms with Gasteiger partial charge in [-0.2, -0.15) is 0 Å². The van der Waals surface area contributed by atoms with Gasteiger partial charge in [0, 0.05) is 31.1 Å². The molecule has 0 aliphatic carbocycles. The van der Waals surface area contributed by atoms with E-state index < -0.39 is 0 Å². The third kappa shape index (κ3) is 5.47. The summed E-state index contributed by atoms with van der Waals surface area (Å²) in [6, 6.07) is 15.8. The van der Waals surface area contributed by atoms with Crippen LogP contribution in [-0.2, 0) is 9.53 Å². The molecular weight excluding hydrogens is 454 g/mol. The number of nitrogens with zero attached hydrogens (tertiary/aromatic N) is 2. The van der Waals surface area contributed by atoms with Crippen molar-refractivity contribution in [3.05, 3.63) is 60.2 Å². The number of carbonyl (C=O) groups is 3. The van der Waals surface area contributed by atoms with Gasteiger partial charge < -0.3 is 24.6 Å². The second-order valence-corrected chi connectivity index (χ2v) is 9.61. The Bertz CT molecular complexity index is 1010. The Morgan fingerprint density at radius 3 is 2.38 bits per heavy atom. The van der Waals surface area contributed by atoms with Crippen LogP contribution in [0.2, 0.25) is 0 Å². The van der Waals surface area contributed by atoms with E-state index in [2.05, 4.69) is 5.32 Å². The molecule has 2 aliphatic rings. The van der Waals surface area contributed by atoms with E-state index in [1.165, 1.54) is 0 Å². The van der Waals surface area contributed by atoms with Gasteiger partial charge in [-0.1, -0.05) is 18.2 Å². The van der Waals surface area contributed by atoms with Crippen LogP contribution in [0.15, 0.2) is 54.6 Å². The molecule has 0 saturated carbocycles. The highest BCUT2D eigenvalue weighted by Gasteiger charge is 2.46. The summed E-state index contributed by atoms with van der Waals surface area (Å²) in [5, 5.41) is 2.89. The van der Waals surface area contributed by atoms with Gasteiger partial charge in [0.2, 0.25) is 0 Å². The topological polar surface area (TPSA) is 88.2 Å². The molecule has 180 valence electrons. The molecule has 0 aromatic heterocycles. The van der Waals surface area contributed by atoms with Crippen molar-refractivity contribution >= 4 is 35.4 Å². The first-order valence-electron chi connectivity index (χ1n) is 11.5. The number of hydrogen-bond donors (Lipinski definition) is 1. The van der Waals surface area contributed by atoms with E-state index in [0.29, 0.717) is 56.1 Å². The number of urea groups is 1. The molecule has 8 nitrogen and oxygen atoms in total. The number of para-hydroxylation sites is 1. The predicted octanol–water partition coefficient (Wildman–Crippen LogP) is 3.84. The van der Waals surface area contributed by atoms with Crippen molar-refractivity contribution in [2.45, 2.75) is 24.6 Å². The summed E-state index contributed by atoms with van der Waals surface area (Å²) in [6.45, 7) is 3.90. The van der Waals surface area contributed by atoms with Gasteiger partial charge in [-0.25, -0.2) is 9.59 Å². The van der Waals surface area contributed by atoms with Crippen LogP contribution in [0.5, 0.6) is 5.75 Å². The quantitative estimate of drug-likeness (QED) is 0.628. The monoisotopic (exact) mass is 483 g/mol. The molecule has 0 unspecified atom stereocenters. The summed E-state index contributed by atoms with van der Waals surface area (Å²) in [5.74, 6) is 1.16. The van der Waals surface area contributed by atoms with E-state index in [-0.39, 0.29) is 29.4 Å². The van der Waals surface area contributed by atoms with Crippen molar-refractivity contribution in [3.63, 3.8) is 0 Å². The summed E-state index contributed by atoms with van der Waals surface area (Å²) >= 11 is 1.80. The highest BCUT2D eigenvalue weighted by molar-refractivity contribution is 8.00. The number of likely N-dealkylation sites (tertiary alicyclic amines) is 1. The van der Waals surface area contributed by atoms with Gasteiger partial charge in [0.1, 0.15) is 5.75 Å². The Hall–Kier alpha value is -3.20. The third-order valence-corrected chi connectivity index (χ3v) is 7.62. The molecule has 9 heteroatoms. The van der Waals surface area contributed by atoms with Gasteiger partial charge in [0.05, 0.1) is 17.0 Å². The molecule has 0 atom stereocenters. The molecule has 0 radical (unpaired) electrons. The Kier molecular flexibility index (Phi) is 7.62. The molecule has 1 N–H and O–H groups in total. The van der Waals surface area contributed by atoms with Gasteiger partial charge in [-0.3, -0.25) is 4.79 Å². The maximum atomic E-state index is 12.9. The van der Waals surface area contributed by atoms with Crippen LogP contribution in [0.4, 0.5) is 10.5 Å². The van der Waals surface area contributed by atoms with Crippen molar-refractivity contribution in [1.82, 2.24) is 9.80 Å². The second-order valence-electron chi connectivity index (χ2n) is 8.16.